The van der Waals surface area contributed by atoms with Gasteiger partial charge in [-0.05, 0) is 12.8 Å². The fourth-order valence-electron chi connectivity index (χ4n) is 7.34. The van der Waals surface area contributed by atoms with Crippen LogP contribution in [0.25, 0.3) is 0 Å². The summed E-state index contributed by atoms with van der Waals surface area (Å²) >= 11 is 0. The van der Waals surface area contributed by atoms with Crippen LogP contribution in [0, 0.1) is 0 Å². The molecule has 340 valence electrons. The number of nitrogens with two attached hydrogens (primary N) is 1. The highest BCUT2D eigenvalue weighted by molar-refractivity contribution is 7.47. The first-order valence-corrected chi connectivity index (χ1v) is 26.0. The van der Waals surface area contributed by atoms with Gasteiger partial charge in [-0.3, -0.25) is 18.6 Å². The molecule has 0 saturated carbocycles. The minimum atomic E-state index is -4.36. The number of rotatable bonds is 47. The molecule has 0 aromatic carbocycles. The Labute approximate surface area is 352 Å². The molecule has 0 aromatic rings. The van der Waals surface area contributed by atoms with Crippen molar-refractivity contribution in [2.24, 2.45) is 5.73 Å². The molecule has 0 aliphatic carbocycles. The van der Waals surface area contributed by atoms with Gasteiger partial charge in [-0.2, -0.15) is 0 Å². The molecule has 0 saturated heterocycles. The van der Waals surface area contributed by atoms with E-state index in [1.165, 1.54) is 186 Å². The Morgan fingerprint density at radius 3 is 1.07 bits per heavy atom. The van der Waals surface area contributed by atoms with Crippen molar-refractivity contribution in [2.75, 3.05) is 26.4 Å². The van der Waals surface area contributed by atoms with Crippen molar-refractivity contribution < 1.29 is 37.6 Å². The molecule has 9 nitrogen and oxygen atoms in total. The van der Waals surface area contributed by atoms with E-state index in [0.717, 1.165) is 38.5 Å². The van der Waals surface area contributed by atoms with Crippen LogP contribution in [0.4, 0.5) is 0 Å². The summed E-state index contributed by atoms with van der Waals surface area (Å²) in [6.45, 7) is 3.70. The zero-order chi connectivity index (χ0) is 41.8. The van der Waals surface area contributed by atoms with Gasteiger partial charge in [0.15, 0.2) is 6.10 Å². The number of carbonyl (C=O) groups excluding carboxylic acids is 2. The first-order valence-electron chi connectivity index (χ1n) is 24.5. The Bertz CT molecular complexity index is 907. The molecule has 0 rings (SSSR count). The second kappa shape index (κ2) is 44.6. The van der Waals surface area contributed by atoms with Crippen molar-refractivity contribution in [3.63, 3.8) is 0 Å². The molecule has 0 radical (unpaired) electrons. The van der Waals surface area contributed by atoms with Crippen LogP contribution in [0.2, 0.25) is 0 Å². The lowest BCUT2D eigenvalue weighted by molar-refractivity contribution is -0.161. The van der Waals surface area contributed by atoms with Crippen molar-refractivity contribution in [1.82, 2.24) is 0 Å². The van der Waals surface area contributed by atoms with E-state index < -0.39 is 26.5 Å². The lowest BCUT2D eigenvalue weighted by Gasteiger charge is -2.19. The number of phosphoric acid groups is 1. The molecule has 0 fully saturated rings. The number of phosphoric ester groups is 1. The van der Waals surface area contributed by atoms with Gasteiger partial charge in [-0.25, -0.2) is 4.57 Å². The van der Waals surface area contributed by atoms with Crippen LogP contribution < -0.4 is 5.73 Å². The molecule has 0 spiro atoms. The first kappa shape index (κ1) is 56.0. The summed E-state index contributed by atoms with van der Waals surface area (Å²) in [7, 11) is -4.36. The van der Waals surface area contributed by atoms with E-state index in [-0.39, 0.29) is 38.6 Å². The summed E-state index contributed by atoms with van der Waals surface area (Å²) < 4.78 is 32.6. The lowest BCUT2D eigenvalue weighted by atomic mass is 10.0. The summed E-state index contributed by atoms with van der Waals surface area (Å²) in [6.07, 6.45) is 46.4. The summed E-state index contributed by atoms with van der Waals surface area (Å²) in [5.41, 5.74) is 5.34. The molecule has 0 bridgehead atoms. The fraction of sp³-hybridized carbons (Fsp3) is 0.957. The van der Waals surface area contributed by atoms with Gasteiger partial charge >= 0.3 is 19.8 Å². The third kappa shape index (κ3) is 44.4. The largest absolute Gasteiger partial charge is 0.472 e. The van der Waals surface area contributed by atoms with Crippen LogP contribution in [0.3, 0.4) is 0 Å². The summed E-state index contributed by atoms with van der Waals surface area (Å²) in [5, 5.41) is 0. The molecule has 0 heterocycles. The zero-order valence-electron chi connectivity index (χ0n) is 37.6. The van der Waals surface area contributed by atoms with Crippen molar-refractivity contribution >= 4 is 19.8 Å². The van der Waals surface area contributed by atoms with E-state index in [4.69, 9.17) is 24.3 Å². The smallest absolute Gasteiger partial charge is 0.462 e. The van der Waals surface area contributed by atoms with E-state index in [9.17, 15) is 19.0 Å². The summed E-state index contributed by atoms with van der Waals surface area (Å²) in [5.74, 6) is -0.824. The Hall–Kier alpha value is -0.990. The maximum absolute atomic E-state index is 12.6. The monoisotopic (exact) mass is 832 g/mol. The van der Waals surface area contributed by atoms with Crippen LogP contribution in [-0.4, -0.2) is 49.3 Å². The van der Waals surface area contributed by atoms with Crippen LogP contribution in [0.5, 0.6) is 0 Å². The molecule has 2 unspecified atom stereocenters. The van der Waals surface area contributed by atoms with Gasteiger partial charge in [0.2, 0.25) is 0 Å². The molecule has 3 N–H and O–H groups in total. The van der Waals surface area contributed by atoms with Crippen LogP contribution in [0.1, 0.15) is 258 Å². The molecule has 0 amide bonds. The number of hydrogen-bond acceptors (Lipinski definition) is 8. The minimum absolute atomic E-state index is 0.0576. The molecule has 2 atom stereocenters. The molecule has 10 heteroatoms. The minimum Gasteiger partial charge on any atom is -0.462 e. The lowest BCUT2D eigenvalue weighted by Crippen LogP contribution is -2.29. The van der Waals surface area contributed by atoms with Gasteiger partial charge in [-0.15, -0.1) is 0 Å². The second-order valence-corrected chi connectivity index (χ2v) is 18.2. The van der Waals surface area contributed by atoms with Gasteiger partial charge in [-0.1, -0.05) is 232 Å². The predicted molar refractivity (Wildman–Crippen MR) is 238 cm³/mol. The van der Waals surface area contributed by atoms with Crippen LogP contribution in [0.15, 0.2) is 0 Å². The number of esters is 2. The second-order valence-electron chi connectivity index (χ2n) is 16.7. The molecular weight excluding hydrogens is 737 g/mol. The molecule has 57 heavy (non-hydrogen) atoms. The Kier molecular flexibility index (Phi) is 43.8. The predicted octanol–water partition coefficient (Wildman–Crippen LogP) is 14.4. The van der Waals surface area contributed by atoms with Crippen LogP contribution >= 0.6 is 7.82 Å². The van der Waals surface area contributed by atoms with E-state index in [1.54, 1.807) is 0 Å². The summed E-state index contributed by atoms with van der Waals surface area (Å²) in [4.78, 5) is 34.6. The average molecular weight is 832 g/mol. The number of unbranched alkanes of at least 4 members (excludes halogenated alkanes) is 34. The van der Waals surface area contributed by atoms with Crippen molar-refractivity contribution in [1.29, 1.82) is 0 Å². The highest BCUT2D eigenvalue weighted by atomic mass is 31.2. The average Bonchev–Trinajstić information content (AvgIpc) is 3.20. The quantitative estimate of drug-likeness (QED) is 0.0349. The van der Waals surface area contributed by atoms with E-state index >= 15 is 0 Å². The van der Waals surface area contributed by atoms with Gasteiger partial charge < -0.3 is 20.1 Å². The molecular formula is C47H94NO8P. The van der Waals surface area contributed by atoms with Gasteiger partial charge in [0.1, 0.15) is 6.61 Å². The normalized spacial score (nSPS) is 13.1. The van der Waals surface area contributed by atoms with E-state index in [1.807, 2.05) is 0 Å². The van der Waals surface area contributed by atoms with Gasteiger partial charge in [0.25, 0.3) is 0 Å². The summed E-state index contributed by atoms with van der Waals surface area (Å²) in [6, 6.07) is 0. The van der Waals surface area contributed by atoms with Crippen molar-refractivity contribution in [2.45, 2.75) is 264 Å². The van der Waals surface area contributed by atoms with E-state index in [0.29, 0.717) is 6.42 Å². The van der Waals surface area contributed by atoms with Gasteiger partial charge in [0.05, 0.1) is 13.2 Å². The standard InChI is InChI=1S/C47H94NO8P/c1-3-5-7-9-11-12-13-14-15-16-17-18-19-20-21-22-23-24-25-26-27-28-29-30-31-32-33-34-36-38-40-47(50)56-45(44-55-57(51,52)54-42-41-48)43-53-46(49)39-37-35-10-8-6-4-2/h45H,3-44,48H2,1-2H3,(H,51,52). The number of carbonyl (C=O) groups is 2. The first-order chi connectivity index (χ1) is 27.8. The molecule has 0 aromatic heterocycles. The fourth-order valence-corrected chi connectivity index (χ4v) is 8.11. The third-order valence-corrected chi connectivity index (χ3v) is 12.0. The van der Waals surface area contributed by atoms with Crippen molar-refractivity contribution in [3.8, 4) is 0 Å². The highest BCUT2D eigenvalue weighted by Crippen LogP contribution is 2.43. The zero-order valence-corrected chi connectivity index (χ0v) is 38.5. The highest BCUT2D eigenvalue weighted by Gasteiger charge is 2.26. The maximum atomic E-state index is 12.6. The maximum Gasteiger partial charge on any atom is 0.472 e. The third-order valence-electron chi connectivity index (χ3n) is 11.0. The van der Waals surface area contributed by atoms with Crippen molar-refractivity contribution in [3.05, 3.63) is 0 Å². The van der Waals surface area contributed by atoms with Gasteiger partial charge in [0, 0.05) is 19.4 Å². The Balaban J connectivity index is 3.72. The SMILES string of the molecule is CCCCCCCCCCCCCCCCCCCCCCCCCCCCCCCCC(=O)OC(COC(=O)CCCCCCCC)COP(=O)(O)OCCN. The molecule has 0 aliphatic rings. The molecule has 0 aliphatic heterocycles. The number of hydrogen-bond donors (Lipinski definition) is 2. The Morgan fingerprint density at radius 1 is 0.456 bits per heavy atom. The van der Waals surface area contributed by atoms with Crippen LogP contribution in [-0.2, 0) is 32.7 Å². The number of ether oxygens (including phenoxy) is 2. The Morgan fingerprint density at radius 2 is 0.754 bits per heavy atom. The topological polar surface area (TPSA) is 134 Å². The van der Waals surface area contributed by atoms with E-state index in [2.05, 4.69) is 13.8 Å².